The third-order valence-corrected chi connectivity index (χ3v) is 4.93. The van der Waals surface area contributed by atoms with Gasteiger partial charge in [0.2, 0.25) is 0 Å². The van der Waals surface area contributed by atoms with E-state index in [1.165, 1.54) is 12.1 Å². The molecule has 0 aliphatic heterocycles. The van der Waals surface area contributed by atoms with E-state index in [0.29, 0.717) is 12.4 Å². The van der Waals surface area contributed by atoms with E-state index >= 15 is 0 Å². The zero-order chi connectivity index (χ0) is 16.3. The molecule has 0 aliphatic carbocycles. The lowest BCUT2D eigenvalue weighted by atomic mass is 10.2. The molecule has 4 nitrogen and oxygen atoms in total. The highest BCUT2D eigenvalue weighted by atomic mass is 35.5. The van der Waals surface area contributed by atoms with Crippen molar-refractivity contribution in [3.8, 4) is 5.75 Å². The van der Waals surface area contributed by atoms with Gasteiger partial charge in [0.25, 0.3) is 10.0 Å². The van der Waals surface area contributed by atoms with E-state index in [-0.39, 0.29) is 20.6 Å². The molecule has 0 spiro atoms. The average molecular weight is 360 g/mol. The summed E-state index contributed by atoms with van der Waals surface area (Å²) in [6, 6.07) is 9.41. The molecule has 2 aromatic carbocycles. The largest absolute Gasteiger partial charge is 0.494 e. The van der Waals surface area contributed by atoms with Gasteiger partial charge in [0.05, 0.1) is 27.2 Å². The number of rotatable bonds is 5. The van der Waals surface area contributed by atoms with Crippen LogP contribution >= 0.6 is 23.2 Å². The van der Waals surface area contributed by atoms with Crippen LogP contribution in [0.15, 0.2) is 41.3 Å². The van der Waals surface area contributed by atoms with Crippen LogP contribution in [0.5, 0.6) is 5.75 Å². The van der Waals surface area contributed by atoms with E-state index < -0.39 is 10.0 Å². The van der Waals surface area contributed by atoms with Crippen molar-refractivity contribution in [2.24, 2.45) is 0 Å². The van der Waals surface area contributed by atoms with Gasteiger partial charge in [0, 0.05) is 0 Å². The first-order valence-corrected chi connectivity index (χ1v) is 8.79. The van der Waals surface area contributed by atoms with Crippen LogP contribution < -0.4 is 9.46 Å². The number of halogens is 2. The Kier molecular flexibility index (Phi) is 5.21. The Morgan fingerprint density at radius 3 is 2.32 bits per heavy atom. The van der Waals surface area contributed by atoms with E-state index in [9.17, 15) is 8.42 Å². The quantitative estimate of drug-likeness (QED) is 0.854. The van der Waals surface area contributed by atoms with Gasteiger partial charge in [-0.1, -0.05) is 29.3 Å². The number of anilines is 1. The highest BCUT2D eigenvalue weighted by Gasteiger charge is 2.18. The Morgan fingerprint density at radius 1 is 1.14 bits per heavy atom. The third kappa shape index (κ3) is 3.66. The molecule has 0 unspecified atom stereocenters. The van der Waals surface area contributed by atoms with Gasteiger partial charge in [-0.2, -0.15) is 0 Å². The minimum atomic E-state index is -3.79. The van der Waals surface area contributed by atoms with E-state index in [0.717, 1.165) is 5.56 Å². The first-order chi connectivity index (χ1) is 10.3. The number of nitrogens with one attached hydrogen (secondary N) is 1. The topological polar surface area (TPSA) is 55.4 Å². The number of para-hydroxylation sites is 1. The van der Waals surface area contributed by atoms with Crippen molar-refractivity contribution >= 4 is 38.9 Å². The lowest BCUT2D eigenvalue weighted by molar-refractivity contribution is 0.337. The number of hydrogen-bond donors (Lipinski definition) is 1. The Balaban J connectivity index is 2.37. The lowest BCUT2D eigenvalue weighted by Crippen LogP contribution is -2.14. The average Bonchev–Trinajstić information content (AvgIpc) is 2.45. The fourth-order valence-corrected chi connectivity index (χ4v) is 3.68. The molecule has 0 bridgehead atoms. The molecule has 0 heterocycles. The van der Waals surface area contributed by atoms with Crippen LogP contribution in [0, 0.1) is 6.92 Å². The predicted molar refractivity (Wildman–Crippen MR) is 89.6 cm³/mol. The second-order valence-corrected chi connectivity index (χ2v) is 7.06. The molecule has 0 fully saturated rings. The minimum Gasteiger partial charge on any atom is -0.494 e. The molecule has 0 amide bonds. The van der Waals surface area contributed by atoms with Crippen LogP contribution in [0.25, 0.3) is 0 Å². The van der Waals surface area contributed by atoms with Gasteiger partial charge in [0.15, 0.2) is 0 Å². The summed E-state index contributed by atoms with van der Waals surface area (Å²) in [6.45, 7) is 4.16. The summed E-state index contributed by atoms with van der Waals surface area (Å²) >= 11 is 12.0. The summed E-state index contributed by atoms with van der Waals surface area (Å²) in [4.78, 5) is 0.115. The van der Waals surface area contributed by atoms with Crippen molar-refractivity contribution in [1.29, 1.82) is 0 Å². The first-order valence-electron chi connectivity index (χ1n) is 6.55. The van der Waals surface area contributed by atoms with Crippen LogP contribution in [-0.4, -0.2) is 15.0 Å². The fraction of sp³-hybridized carbons (Fsp3) is 0.200. The summed E-state index contributed by atoms with van der Waals surface area (Å²) in [5.74, 6) is 0.650. The Bertz CT molecular complexity index is 771. The van der Waals surface area contributed by atoms with Crippen molar-refractivity contribution in [1.82, 2.24) is 0 Å². The molecule has 7 heteroatoms. The SMILES string of the molecule is CCOc1ccc(S(=O)(=O)Nc2c(Cl)cccc2Cl)cc1C. The molecule has 22 heavy (non-hydrogen) atoms. The molecule has 1 N–H and O–H groups in total. The van der Waals surface area contributed by atoms with E-state index in [1.807, 2.05) is 6.92 Å². The standard InChI is InChI=1S/C15H15Cl2NO3S/c1-3-21-14-8-7-11(9-10(14)2)22(19,20)18-15-12(16)5-4-6-13(15)17/h4-9,18H,3H2,1-2H3. The first kappa shape index (κ1) is 16.9. The Hall–Kier alpha value is -1.43. The normalized spacial score (nSPS) is 11.3. The van der Waals surface area contributed by atoms with Gasteiger partial charge < -0.3 is 4.74 Å². The number of benzene rings is 2. The molecule has 2 aromatic rings. The van der Waals surface area contributed by atoms with E-state index in [4.69, 9.17) is 27.9 Å². The predicted octanol–water partition coefficient (Wildman–Crippen LogP) is 4.50. The Labute approximate surface area is 140 Å². The smallest absolute Gasteiger partial charge is 0.262 e. The van der Waals surface area contributed by atoms with Gasteiger partial charge >= 0.3 is 0 Å². The maximum absolute atomic E-state index is 12.5. The molecule has 118 valence electrons. The molecule has 2 rings (SSSR count). The molecule has 0 radical (unpaired) electrons. The summed E-state index contributed by atoms with van der Waals surface area (Å²) < 4.78 is 32.7. The molecule has 0 saturated carbocycles. The Morgan fingerprint density at radius 2 is 1.77 bits per heavy atom. The van der Waals surface area contributed by atoms with Gasteiger partial charge in [-0.3, -0.25) is 4.72 Å². The zero-order valence-electron chi connectivity index (χ0n) is 12.1. The maximum atomic E-state index is 12.5. The van der Waals surface area contributed by atoms with Crippen LogP contribution in [0.1, 0.15) is 12.5 Å². The van der Waals surface area contributed by atoms with Crippen molar-refractivity contribution in [2.45, 2.75) is 18.7 Å². The highest BCUT2D eigenvalue weighted by molar-refractivity contribution is 7.92. The summed E-state index contributed by atoms with van der Waals surface area (Å²) in [5, 5.41) is 0.470. The second kappa shape index (κ2) is 6.77. The van der Waals surface area contributed by atoms with Crippen molar-refractivity contribution in [3.05, 3.63) is 52.0 Å². The fourth-order valence-electron chi connectivity index (χ4n) is 1.90. The lowest BCUT2D eigenvalue weighted by Gasteiger charge is -2.13. The molecule has 0 saturated heterocycles. The van der Waals surface area contributed by atoms with Gasteiger partial charge in [-0.05, 0) is 49.7 Å². The minimum absolute atomic E-state index is 0.115. The van der Waals surface area contributed by atoms with Gasteiger partial charge in [0.1, 0.15) is 5.75 Å². The molecular formula is C15H15Cl2NO3S. The third-order valence-electron chi connectivity index (χ3n) is 2.96. The van der Waals surface area contributed by atoms with E-state index in [1.54, 1.807) is 31.2 Å². The monoisotopic (exact) mass is 359 g/mol. The molecule has 0 aliphatic rings. The molecule has 0 aromatic heterocycles. The number of sulfonamides is 1. The van der Waals surface area contributed by atoms with Crippen LogP contribution in [0.2, 0.25) is 10.0 Å². The zero-order valence-corrected chi connectivity index (χ0v) is 14.4. The summed E-state index contributed by atoms with van der Waals surface area (Å²) in [7, 11) is -3.79. The van der Waals surface area contributed by atoms with Gasteiger partial charge in [-0.25, -0.2) is 8.42 Å². The summed E-state index contributed by atoms with van der Waals surface area (Å²) in [5.41, 5.74) is 0.896. The van der Waals surface area contributed by atoms with Crippen LogP contribution in [-0.2, 0) is 10.0 Å². The van der Waals surface area contributed by atoms with Crippen LogP contribution in [0.4, 0.5) is 5.69 Å². The molecule has 0 atom stereocenters. The van der Waals surface area contributed by atoms with Gasteiger partial charge in [-0.15, -0.1) is 0 Å². The van der Waals surface area contributed by atoms with Crippen LogP contribution in [0.3, 0.4) is 0 Å². The number of ether oxygens (including phenoxy) is 1. The maximum Gasteiger partial charge on any atom is 0.262 e. The van der Waals surface area contributed by atoms with Crippen molar-refractivity contribution < 1.29 is 13.2 Å². The second-order valence-electron chi connectivity index (χ2n) is 4.56. The number of aryl methyl sites for hydroxylation is 1. The van der Waals surface area contributed by atoms with E-state index in [2.05, 4.69) is 4.72 Å². The number of hydrogen-bond acceptors (Lipinski definition) is 3. The highest BCUT2D eigenvalue weighted by Crippen LogP contribution is 2.32. The summed E-state index contributed by atoms with van der Waals surface area (Å²) in [6.07, 6.45) is 0. The van der Waals surface area contributed by atoms with Crippen molar-refractivity contribution in [2.75, 3.05) is 11.3 Å². The van der Waals surface area contributed by atoms with Crippen molar-refractivity contribution in [3.63, 3.8) is 0 Å². The molecular weight excluding hydrogens is 345 g/mol.